The molecule has 8 nitrogen and oxygen atoms in total. The predicted octanol–water partition coefficient (Wildman–Crippen LogP) is 2.37. The number of carbonyl (C=O) groups is 2. The second-order valence-corrected chi connectivity index (χ2v) is 7.27. The first-order valence-corrected chi connectivity index (χ1v) is 9.76. The quantitative estimate of drug-likeness (QED) is 0.436. The van der Waals surface area contributed by atoms with Crippen LogP contribution in [0.4, 0.5) is 5.69 Å². The van der Waals surface area contributed by atoms with Crippen molar-refractivity contribution in [2.24, 2.45) is 0 Å². The van der Waals surface area contributed by atoms with Gasteiger partial charge in [0.1, 0.15) is 17.8 Å². The molecule has 2 aromatic rings. The lowest BCUT2D eigenvalue weighted by molar-refractivity contribution is -0.129. The Balaban J connectivity index is 1.93. The standard InChI is InChI=1S/C21H28N4O4/c1-5-18(26)25-13-15(7-6-14(25)2)24(3)19-16-8-9-22-20(16)23-12-17(19)21(27)29-11-10-28-4/h5,8-9,12,14-15H,1,6-7,10-11,13H2,2-4H3,(H,22,23). The molecular weight excluding hydrogens is 372 g/mol. The maximum Gasteiger partial charge on any atom is 0.341 e. The van der Waals surface area contributed by atoms with Gasteiger partial charge in [-0.25, -0.2) is 9.78 Å². The number of rotatable bonds is 7. The average Bonchev–Trinajstić information content (AvgIpc) is 3.21. The van der Waals surface area contributed by atoms with Crippen LogP contribution >= 0.6 is 0 Å². The number of nitrogens with zero attached hydrogens (tertiary/aromatic N) is 3. The Morgan fingerprint density at radius 1 is 1.41 bits per heavy atom. The number of anilines is 1. The molecule has 0 aromatic carbocycles. The van der Waals surface area contributed by atoms with Crippen molar-refractivity contribution < 1.29 is 19.1 Å². The highest BCUT2D eigenvalue weighted by Gasteiger charge is 2.32. The largest absolute Gasteiger partial charge is 0.460 e. The molecule has 3 rings (SSSR count). The fourth-order valence-electron chi connectivity index (χ4n) is 3.83. The molecule has 0 saturated carbocycles. The molecule has 3 heterocycles. The van der Waals surface area contributed by atoms with E-state index >= 15 is 0 Å². The molecule has 1 amide bonds. The number of amides is 1. The van der Waals surface area contributed by atoms with E-state index in [2.05, 4.69) is 21.4 Å². The van der Waals surface area contributed by atoms with Crippen molar-refractivity contribution in [2.45, 2.75) is 31.8 Å². The number of hydrogen-bond donors (Lipinski definition) is 1. The van der Waals surface area contributed by atoms with E-state index in [0.717, 1.165) is 23.9 Å². The minimum absolute atomic E-state index is 0.0566. The summed E-state index contributed by atoms with van der Waals surface area (Å²) >= 11 is 0. The van der Waals surface area contributed by atoms with E-state index in [1.165, 1.54) is 12.3 Å². The van der Waals surface area contributed by atoms with Crippen LogP contribution in [0.15, 0.2) is 31.1 Å². The maximum absolute atomic E-state index is 12.7. The van der Waals surface area contributed by atoms with Crippen molar-refractivity contribution in [1.29, 1.82) is 0 Å². The lowest BCUT2D eigenvalue weighted by Gasteiger charge is -2.42. The van der Waals surface area contributed by atoms with Gasteiger partial charge in [0.2, 0.25) is 5.91 Å². The van der Waals surface area contributed by atoms with E-state index in [1.807, 2.05) is 24.9 Å². The monoisotopic (exact) mass is 400 g/mol. The van der Waals surface area contributed by atoms with E-state index in [-0.39, 0.29) is 24.6 Å². The molecule has 1 aliphatic heterocycles. The number of aromatic nitrogens is 2. The summed E-state index contributed by atoms with van der Waals surface area (Å²) in [5, 5.41) is 0.842. The lowest BCUT2D eigenvalue weighted by atomic mass is 9.97. The minimum Gasteiger partial charge on any atom is -0.460 e. The SMILES string of the molecule is C=CC(=O)N1CC(N(C)c2c(C(=O)OCCOC)cnc3[nH]ccc23)CCC1C. The summed E-state index contributed by atoms with van der Waals surface area (Å²) in [6.45, 7) is 6.73. The first kappa shape index (κ1) is 20.9. The van der Waals surface area contributed by atoms with Crippen LogP contribution in [-0.4, -0.2) is 72.7 Å². The van der Waals surface area contributed by atoms with Crippen LogP contribution in [0.5, 0.6) is 0 Å². The third-order valence-electron chi connectivity index (χ3n) is 5.51. The van der Waals surface area contributed by atoms with Gasteiger partial charge in [0, 0.05) is 50.6 Å². The molecule has 0 bridgehead atoms. The highest BCUT2D eigenvalue weighted by atomic mass is 16.6. The fourth-order valence-corrected chi connectivity index (χ4v) is 3.83. The Bertz CT molecular complexity index is 894. The second kappa shape index (κ2) is 9.09. The van der Waals surface area contributed by atoms with Crippen LogP contribution in [0.3, 0.4) is 0 Å². The predicted molar refractivity (Wildman–Crippen MR) is 111 cm³/mol. The smallest absolute Gasteiger partial charge is 0.341 e. The Morgan fingerprint density at radius 2 is 2.21 bits per heavy atom. The third kappa shape index (κ3) is 4.27. The second-order valence-electron chi connectivity index (χ2n) is 7.27. The number of esters is 1. The number of nitrogens with one attached hydrogen (secondary N) is 1. The van der Waals surface area contributed by atoms with Crippen LogP contribution < -0.4 is 4.90 Å². The van der Waals surface area contributed by atoms with Gasteiger partial charge in [0.05, 0.1) is 12.3 Å². The van der Waals surface area contributed by atoms with Crippen LogP contribution in [0.25, 0.3) is 11.0 Å². The van der Waals surface area contributed by atoms with Gasteiger partial charge in [-0.15, -0.1) is 0 Å². The fraction of sp³-hybridized carbons (Fsp3) is 0.476. The van der Waals surface area contributed by atoms with Gasteiger partial charge in [-0.1, -0.05) is 6.58 Å². The zero-order valence-electron chi connectivity index (χ0n) is 17.2. The van der Waals surface area contributed by atoms with Gasteiger partial charge in [-0.05, 0) is 31.9 Å². The number of carbonyl (C=O) groups excluding carboxylic acids is 2. The van der Waals surface area contributed by atoms with Gasteiger partial charge in [0.25, 0.3) is 0 Å². The van der Waals surface area contributed by atoms with E-state index in [9.17, 15) is 9.59 Å². The van der Waals surface area contributed by atoms with Crippen molar-refractivity contribution >= 4 is 28.6 Å². The molecule has 1 N–H and O–H groups in total. The molecule has 0 spiro atoms. The molecule has 156 valence electrons. The topological polar surface area (TPSA) is 87.8 Å². The number of pyridine rings is 1. The van der Waals surface area contributed by atoms with Crippen molar-refractivity contribution in [3.8, 4) is 0 Å². The molecule has 2 unspecified atom stereocenters. The van der Waals surface area contributed by atoms with Gasteiger partial charge in [-0.2, -0.15) is 0 Å². The summed E-state index contributed by atoms with van der Waals surface area (Å²) in [5.74, 6) is -0.515. The maximum atomic E-state index is 12.7. The summed E-state index contributed by atoms with van der Waals surface area (Å²) in [5.41, 5.74) is 1.85. The van der Waals surface area contributed by atoms with E-state index < -0.39 is 5.97 Å². The van der Waals surface area contributed by atoms with E-state index in [0.29, 0.717) is 24.4 Å². The van der Waals surface area contributed by atoms with Gasteiger partial charge in [-0.3, -0.25) is 4.79 Å². The molecule has 0 radical (unpaired) electrons. The van der Waals surface area contributed by atoms with Crippen LogP contribution in [0, 0.1) is 0 Å². The first-order chi connectivity index (χ1) is 14.0. The molecular formula is C21H28N4O4. The summed E-state index contributed by atoms with van der Waals surface area (Å²) in [6, 6.07) is 2.12. The van der Waals surface area contributed by atoms with Crippen LogP contribution in [0.1, 0.15) is 30.1 Å². The number of H-pyrrole nitrogens is 1. The Morgan fingerprint density at radius 3 is 2.93 bits per heavy atom. The van der Waals surface area contributed by atoms with Crippen molar-refractivity contribution in [3.63, 3.8) is 0 Å². The van der Waals surface area contributed by atoms with Crippen molar-refractivity contribution in [3.05, 3.63) is 36.7 Å². The van der Waals surface area contributed by atoms with Gasteiger partial charge < -0.3 is 24.3 Å². The number of aromatic amines is 1. The lowest BCUT2D eigenvalue weighted by Crippen LogP contribution is -2.52. The average molecular weight is 400 g/mol. The van der Waals surface area contributed by atoms with Crippen LogP contribution in [0.2, 0.25) is 0 Å². The number of hydrogen-bond acceptors (Lipinski definition) is 6. The van der Waals surface area contributed by atoms with Crippen molar-refractivity contribution in [2.75, 3.05) is 38.8 Å². The molecule has 1 saturated heterocycles. The summed E-state index contributed by atoms with van der Waals surface area (Å²) in [6.07, 6.45) is 6.48. The zero-order chi connectivity index (χ0) is 21.0. The Kier molecular flexibility index (Phi) is 6.53. The molecule has 0 aliphatic carbocycles. The number of methoxy groups -OCH3 is 1. The normalized spacial score (nSPS) is 19.2. The number of piperidine rings is 1. The number of likely N-dealkylation sites (N-methyl/N-ethyl adjacent to an activating group) is 1. The van der Waals surface area contributed by atoms with Crippen molar-refractivity contribution in [1.82, 2.24) is 14.9 Å². The molecule has 1 aliphatic rings. The summed E-state index contributed by atoms with van der Waals surface area (Å²) in [7, 11) is 3.51. The number of ether oxygens (including phenoxy) is 2. The Hall–Kier alpha value is -2.87. The number of likely N-dealkylation sites (tertiary alicyclic amines) is 1. The Labute approximate surface area is 170 Å². The van der Waals surface area contributed by atoms with E-state index in [4.69, 9.17) is 9.47 Å². The van der Waals surface area contributed by atoms with Gasteiger partial charge in [0.15, 0.2) is 0 Å². The van der Waals surface area contributed by atoms with Gasteiger partial charge >= 0.3 is 5.97 Å². The molecule has 29 heavy (non-hydrogen) atoms. The zero-order valence-corrected chi connectivity index (χ0v) is 17.2. The van der Waals surface area contributed by atoms with E-state index in [1.54, 1.807) is 13.3 Å². The highest BCUT2D eigenvalue weighted by molar-refractivity contribution is 6.04. The molecule has 8 heteroatoms. The molecule has 1 fully saturated rings. The molecule has 2 atom stereocenters. The van der Waals surface area contributed by atoms with Crippen LogP contribution in [-0.2, 0) is 14.3 Å². The summed E-state index contributed by atoms with van der Waals surface area (Å²) < 4.78 is 10.3. The third-order valence-corrected chi connectivity index (χ3v) is 5.51. The molecule has 2 aromatic heterocycles. The first-order valence-electron chi connectivity index (χ1n) is 9.76. The highest BCUT2D eigenvalue weighted by Crippen LogP contribution is 2.33. The minimum atomic E-state index is -0.442. The summed E-state index contributed by atoms with van der Waals surface area (Å²) in [4.78, 5) is 36.3. The number of fused-ring (bicyclic) bond motifs is 1.